The first-order valence-electron chi connectivity index (χ1n) is 6.38. The van der Waals surface area contributed by atoms with Gasteiger partial charge in [-0.1, -0.05) is 25.4 Å². The van der Waals surface area contributed by atoms with E-state index in [4.69, 9.17) is 16.0 Å². The Bertz CT molecular complexity index is 531. The van der Waals surface area contributed by atoms with Gasteiger partial charge in [0.2, 0.25) is 11.8 Å². The highest BCUT2D eigenvalue weighted by atomic mass is 35.5. The highest BCUT2D eigenvalue weighted by Crippen LogP contribution is 2.23. The van der Waals surface area contributed by atoms with E-state index in [0.29, 0.717) is 22.8 Å². The Morgan fingerprint density at radius 3 is 2.74 bits per heavy atom. The lowest BCUT2D eigenvalue weighted by Gasteiger charge is -2.04. The number of benzene rings is 1. The van der Waals surface area contributed by atoms with Crippen LogP contribution in [0.5, 0.6) is 0 Å². The average Bonchev–Trinajstić information content (AvgIpc) is 2.76. The van der Waals surface area contributed by atoms with E-state index in [1.54, 1.807) is 0 Å². The van der Waals surface area contributed by atoms with Gasteiger partial charge in [0.15, 0.2) is 0 Å². The lowest BCUT2D eigenvalue weighted by Crippen LogP contribution is -2.25. The van der Waals surface area contributed by atoms with Crippen LogP contribution in [-0.2, 0) is 6.42 Å². The maximum Gasteiger partial charge on any atom is 0.247 e. The fraction of sp³-hybridized carbons (Fsp3) is 0.429. The molecular weight excluding hydrogens is 262 g/mol. The number of aromatic nitrogens is 2. The third-order valence-corrected chi connectivity index (χ3v) is 2.87. The summed E-state index contributed by atoms with van der Waals surface area (Å²) in [5.74, 6) is 1.16. The van der Waals surface area contributed by atoms with Crippen LogP contribution in [0.4, 0.5) is 0 Å². The first kappa shape index (κ1) is 14.0. The van der Waals surface area contributed by atoms with Crippen molar-refractivity contribution in [3.8, 4) is 11.5 Å². The molecular formula is C14H18ClN3O. The van der Waals surface area contributed by atoms with Crippen molar-refractivity contribution in [3.63, 3.8) is 0 Å². The number of hydrogen-bond acceptors (Lipinski definition) is 4. The van der Waals surface area contributed by atoms with Crippen LogP contribution in [0.2, 0.25) is 5.02 Å². The van der Waals surface area contributed by atoms with E-state index in [1.807, 2.05) is 25.1 Å². The summed E-state index contributed by atoms with van der Waals surface area (Å²) in [4.78, 5) is 0. The summed E-state index contributed by atoms with van der Waals surface area (Å²) in [7, 11) is 0. The minimum atomic E-state index is 0.456. The molecule has 0 radical (unpaired) electrons. The second-order valence-corrected chi connectivity index (χ2v) is 5.31. The Labute approximate surface area is 118 Å². The first-order valence-corrected chi connectivity index (χ1v) is 6.75. The summed E-state index contributed by atoms with van der Waals surface area (Å²) in [5.41, 5.74) is 1.93. The second kappa shape index (κ2) is 6.17. The van der Waals surface area contributed by atoms with Crippen LogP contribution < -0.4 is 5.32 Å². The van der Waals surface area contributed by atoms with Gasteiger partial charge in [-0.3, -0.25) is 0 Å². The van der Waals surface area contributed by atoms with E-state index in [9.17, 15) is 0 Å². The van der Waals surface area contributed by atoms with Crippen molar-refractivity contribution in [2.75, 3.05) is 6.54 Å². The molecule has 19 heavy (non-hydrogen) atoms. The SMILES string of the molecule is Cc1cc(Cl)cc(-c2nnc(CCNC(C)C)o2)c1. The second-order valence-electron chi connectivity index (χ2n) is 4.88. The summed E-state index contributed by atoms with van der Waals surface area (Å²) < 4.78 is 5.64. The summed E-state index contributed by atoms with van der Waals surface area (Å²) in [5, 5.41) is 12.1. The Balaban J connectivity index is 2.07. The van der Waals surface area contributed by atoms with E-state index < -0.39 is 0 Å². The molecule has 0 saturated heterocycles. The molecule has 4 nitrogen and oxygen atoms in total. The highest BCUT2D eigenvalue weighted by Gasteiger charge is 2.09. The van der Waals surface area contributed by atoms with Crippen LogP contribution in [0.3, 0.4) is 0 Å². The molecule has 0 atom stereocenters. The molecule has 1 heterocycles. The summed E-state index contributed by atoms with van der Waals surface area (Å²) in [6.07, 6.45) is 0.727. The normalized spacial score (nSPS) is 11.2. The number of nitrogens with zero attached hydrogens (tertiary/aromatic N) is 2. The van der Waals surface area contributed by atoms with E-state index in [2.05, 4.69) is 29.4 Å². The predicted molar refractivity (Wildman–Crippen MR) is 76.3 cm³/mol. The topological polar surface area (TPSA) is 51.0 Å². The van der Waals surface area contributed by atoms with E-state index in [1.165, 1.54) is 0 Å². The molecule has 1 aromatic heterocycles. The number of halogens is 1. The molecule has 102 valence electrons. The van der Waals surface area contributed by atoms with Gasteiger partial charge in [0, 0.05) is 29.6 Å². The molecule has 0 bridgehead atoms. The molecule has 0 aliphatic rings. The third kappa shape index (κ3) is 4.04. The minimum absolute atomic E-state index is 0.456. The van der Waals surface area contributed by atoms with E-state index in [-0.39, 0.29) is 0 Å². The van der Waals surface area contributed by atoms with Crippen LogP contribution in [0.1, 0.15) is 25.3 Å². The van der Waals surface area contributed by atoms with Crippen LogP contribution in [-0.4, -0.2) is 22.8 Å². The maximum atomic E-state index is 6.03. The smallest absolute Gasteiger partial charge is 0.247 e. The lowest BCUT2D eigenvalue weighted by molar-refractivity contribution is 0.484. The van der Waals surface area contributed by atoms with Gasteiger partial charge in [-0.2, -0.15) is 0 Å². The van der Waals surface area contributed by atoms with Crippen LogP contribution in [0.15, 0.2) is 22.6 Å². The number of hydrogen-bond donors (Lipinski definition) is 1. The summed E-state index contributed by atoms with van der Waals surface area (Å²) >= 11 is 6.03. The van der Waals surface area contributed by atoms with Crippen molar-refractivity contribution in [1.82, 2.24) is 15.5 Å². The fourth-order valence-corrected chi connectivity index (χ4v) is 2.09. The zero-order valence-electron chi connectivity index (χ0n) is 11.4. The fourth-order valence-electron chi connectivity index (χ4n) is 1.80. The van der Waals surface area contributed by atoms with Crippen molar-refractivity contribution in [3.05, 3.63) is 34.7 Å². The zero-order valence-corrected chi connectivity index (χ0v) is 12.2. The first-order chi connectivity index (χ1) is 9.04. The monoisotopic (exact) mass is 279 g/mol. The molecule has 0 saturated carbocycles. The standard InChI is InChI=1S/C14H18ClN3O/c1-9(2)16-5-4-13-17-18-14(19-13)11-6-10(3)7-12(15)8-11/h6-9,16H,4-5H2,1-3H3. The summed E-state index contributed by atoms with van der Waals surface area (Å²) in [6, 6.07) is 6.17. The molecule has 0 unspecified atom stereocenters. The van der Waals surface area contributed by atoms with Crippen molar-refractivity contribution in [1.29, 1.82) is 0 Å². The van der Waals surface area contributed by atoms with Gasteiger partial charge in [-0.15, -0.1) is 10.2 Å². The minimum Gasteiger partial charge on any atom is -0.421 e. The number of nitrogens with one attached hydrogen (secondary N) is 1. The van der Waals surface area contributed by atoms with Gasteiger partial charge in [-0.05, 0) is 30.7 Å². The highest BCUT2D eigenvalue weighted by molar-refractivity contribution is 6.30. The Morgan fingerprint density at radius 2 is 2.05 bits per heavy atom. The van der Waals surface area contributed by atoms with Crippen molar-refractivity contribution in [2.24, 2.45) is 0 Å². The Hall–Kier alpha value is -1.39. The largest absolute Gasteiger partial charge is 0.421 e. The third-order valence-electron chi connectivity index (χ3n) is 2.65. The Kier molecular flexibility index (Phi) is 4.56. The van der Waals surface area contributed by atoms with E-state index in [0.717, 1.165) is 24.1 Å². The van der Waals surface area contributed by atoms with Crippen LogP contribution in [0, 0.1) is 6.92 Å². The molecule has 0 aliphatic heterocycles. The van der Waals surface area contributed by atoms with Gasteiger partial charge >= 0.3 is 0 Å². The molecule has 0 spiro atoms. The molecule has 0 fully saturated rings. The van der Waals surface area contributed by atoms with Gasteiger partial charge < -0.3 is 9.73 Å². The van der Waals surface area contributed by atoms with Crippen LogP contribution in [0.25, 0.3) is 11.5 Å². The number of rotatable bonds is 5. The molecule has 0 amide bonds. The molecule has 0 aliphatic carbocycles. The van der Waals surface area contributed by atoms with Crippen molar-refractivity contribution >= 4 is 11.6 Å². The molecule has 5 heteroatoms. The summed E-state index contributed by atoms with van der Waals surface area (Å²) in [6.45, 7) is 7.02. The van der Waals surface area contributed by atoms with Crippen molar-refractivity contribution < 1.29 is 4.42 Å². The predicted octanol–water partition coefficient (Wildman–Crippen LogP) is 3.24. The van der Waals surface area contributed by atoms with Gasteiger partial charge in [-0.25, -0.2) is 0 Å². The molecule has 2 aromatic rings. The quantitative estimate of drug-likeness (QED) is 0.913. The van der Waals surface area contributed by atoms with Crippen LogP contribution >= 0.6 is 11.6 Å². The van der Waals surface area contributed by atoms with E-state index >= 15 is 0 Å². The number of aryl methyl sites for hydroxylation is 1. The maximum absolute atomic E-state index is 6.03. The van der Waals surface area contributed by atoms with Gasteiger partial charge in [0.05, 0.1) is 0 Å². The molecule has 1 N–H and O–H groups in total. The average molecular weight is 280 g/mol. The lowest BCUT2D eigenvalue weighted by atomic mass is 10.1. The van der Waals surface area contributed by atoms with Crippen molar-refractivity contribution in [2.45, 2.75) is 33.2 Å². The molecule has 2 rings (SSSR count). The Morgan fingerprint density at radius 1 is 1.26 bits per heavy atom. The zero-order chi connectivity index (χ0) is 13.8. The van der Waals surface area contributed by atoms with Gasteiger partial charge in [0.25, 0.3) is 0 Å². The van der Waals surface area contributed by atoms with Gasteiger partial charge in [0.1, 0.15) is 0 Å². The molecule has 1 aromatic carbocycles.